The number of aromatic nitrogens is 2. The molecule has 11 heteroatoms. The second-order valence-electron chi connectivity index (χ2n) is 12.8. The van der Waals surface area contributed by atoms with Crippen LogP contribution in [-0.2, 0) is 25.7 Å². The van der Waals surface area contributed by atoms with Crippen molar-refractivity contribution in [3.8, 4) is 11.5 Å². The number of carbonyl (C=O) groups is 3. The van der Waals surface area contributed by atoms with E-state index >= 15 is 0 Å². The Morgan fingerprint density at radius 1 is 0.938 bits per heavy atom. The molecule has 1 aromatic heterocycles. The first-order chi connectivity index (χ1) is 23.1. The normalized spacial score (nSPS) is 15.0. The summed E-state index contributed by atoms with van der Waals surface area (Å²) >= 11 is 0. The minimum atomic E-state index is -1.21. The number of nitrogens with zero attached hydrogens (tertiary/aromatic N) is 3. The lowest BCUT2D eigenvalue weighted by molar-refractivity contribution is -0.135. The van der Waals surface area contributed by atoms with Crippen LogP contribution < -0.4 is 21.1 Å². The molecule has 252 valence electrons. The van der Waals surface area contributed by atoms with Gasteiger partial charge < -0.3 is 35.3 Å². The molecule has 0 aliphatic carbocycles. The maximum absolute atomic E-state index is 14.1. The Hall–Kier alpha value is -5.00. The van der Waals surface area contributed by atoms with Gasteiger partial charge >= 0.3 is 0 Å². The summed E-state index contributed by atoms with van der Waals surface area (Å²) in [6, 6.07) is 24.7. The van der Waals surface area contributed by atoms with Gasteiger partial charge in [-0.25, -0.2) is 4.98 Å². The quantitative estimate of drug-likeness (QED) is 0.187. The van der Waals surface area contributed by atoms with Crippen molar-refractivity contribution in [3.63, 3.8) is 0 Å². The van der Waals surface area contributed by atoms with Gasteiger partial charge in [-0.1, -0.05) is 67.6 Å². The molecule has 3 aromatic carbocycles. The fourth-order valence-corrected chi connectivity index (χ4v) is 5.34. The Bertz CT molecular complexity index is 1650. The van der Waals surface area contributed by atoms with E-state index in [4.69, 9.17) is 15.2 Å². The number of imidazole rings is 1. The van der Waals surface area contributed by atoms with Crippen LogP contribution in [-0.4, -0.2) is 63.4 Å². The summed E-state index contributed by atoms with van der Waals surface area (Å²) in [5.74, 6) is 1.06. The van der Waals surface area contributed by atoms with Crippen molar-refractivity contribution in [3.05, 3.63) is 109 Å². The van der Waals surface area contributed by atoms with Crippen LogP contribution in [0.25, 0.3) is 0 Å². The van der Waals surface area contributed by atoms with E-state index in [1.54, 1.807) is 24.6 Å². The Balaban J connectivity index is 1.34. The highest BCUT2D eigenvalue weighted by Crippen LogP contribution is 2.29. The zero-order valence-corrected chi connectivity index (χ0v) is 27.7. The van der Waals surface area contributed by atoms with Crippen LogP contribution in [0.2, 0.25) is 0 Å². The van der Waals surface area contributed by atoms with E-state index in [1.165, 1.54) is 6.33 Å². The highest BCUT2D eigenvalue weighted by Gasteiger charge is 2.31. The van der Waals surface area contributed by atoms with Crippen molar-refractivity contribution in [1.82, 2.24) is 19.8 Å². The van der Waals surface area contributed by atoms with Crippen LogP contribution in [0.3, 0.4) is 0 Å². The van der Waals surface area contributed by atoms with Crippen molar-refractivity contribution in [2.24, 2.45) is 11.7 Å². The van der Waals surface area contributed by atoms with Crippen molar-refractivity contribution < 1.29 is 23.9 Å². The van der Waals surface area contributed by atoms with Gasteiger partial charge in [-0.15, -0.1) is 0 Å². The van der Waals surface area contributed by atoms with Crippen LogP contribution >= 0.6 is 0 Å². The first-order valence-electron chi connectivity index (χ1n) is 16.2. The standard InChI is InChI=1S/C37H44N6O5/c1-26-18-20-42(21-19-26)35(45)33(28-14-16-30(17-15-28)48-29-12-8-5-9-13-29)43-22-32(39-25-43)41-34(44)31(40-36(46)37(2,3)38)24-47-23-27-10-6-4-7-11-27/h4-17,22,25-26,31,33H,18-21,23-24,38H2,1-3H3,(H,40,46)(H,41,44). The molecule has 0 radical (unpaired) electrons. The molecule has 0 spiro atoms. The smallest absolute Gasteiger partial charge is 0.250 e. The second kappa shape index (κ2) is 15.7. The molecule has 4 aromatic rings. The van der Waals surface area contributed by atoms with Gasteiger partial charge in [0.2, 0.25) is 11.8 Å². The van der Waals surface area contributed by atoms with Crippen LogP contribution in [0.15, 0.2) is 97.5 Å². The molecule has 2 atom stereocenters. The van der Waals surface area contributed by atoms with E-state index in [9.17, 15) is 14.4 Å². The van der Waals surface area contributed by atoms with Crippen LogP contribution in [0.1, 0.15) is 50.8 Å². The highest BCUT2D eigenvalue weighted by molar-refractivity contribution is 5.98. The van der Waals surface area contributed by atoms with E-state index < -0.39 is 29.4 Å². The van der Waals surface area contributed by atoms with Gasteiger partial charge in [0.05, 0.1) is 25.1 Å². The number of carbonyl (C=O) groups excluding carboxylic acids is 3. The average molecular weight is 653 g/mol. The molecule has 1 saturated heterocycles. The number of nitrogens with one attached hydrogen (secondary N) is 2. The fourth-order valence-electron chi connectivity index (χ4n) is 5.34. The Labute approximate surface area is 281 Å². The predicted octanol–water partition coefficient (Wildman–Crippen LogP) is 4.90. The van der Waals surface area contributed by atoms with E-state index in [0.29, 0.717) is 30.5 Å². The molecule has 1 aliphatic rings. The average Bonchev–Trinajstić information content (AvgIpc) is 3.53. The minimum absolute atomic E-state index is 0.0569. The van der Waals surface area contributed by atoms with Crippen molar-refractivity contribution in [1.29, 1.82) is 0 Å². The summed E-state index contributed by atoms with van der Waals surface area (Å²) in [5, 5.41) is 5.48. The molecule has 11 nitrogen and oxygen atoms in total. The van der Waals surface area contributed by atoms with E-state index in [1.807, 2.05) is 89.8 Å². The van der Waals surface area contributed by atoms with Crippen molar-refractivity contribution in [2.45, 2.75) is 57.8 Å². The van der Waals surface area contributed by atoms with Crippen molar-refractivity contribution in [2.75, 3.05) is 25.0 Å². The number of benzene rings is 3. The number of piperidine rings is 1. The van der Waals surface area contributed by atoms with E-state index in [-0.39, 0.29) is 24.9 Å². The lowest BCUT2D eigenvalue weighted by Crippen LogP contribution is -2.56. The molecular formula is C37H44N6O5. The zero-order chi connectivity index (χ0) is 34.1. The summed E-state index contributed by atoms with van der Waals surface area (Å²) in [6.45, 7) is 6.84. The third kappa shape index (κ3) is 9.30. The number of para-hydroxylation sites is 1. The number of rotatable bonds is 13. The zero-order valence-electron chi connectivity index (χ0n) is 27.7. The number of hydrogen-bond acceptors (Lipinski definition) is 7. The van der Waals surface area contributed by atoms with Crippen LogP contribution in [0.4, 0.5) is 5.82 Å². The molecule has 5 rings (SSSR count). The lowest BCUT2D eigenvalue weighted by atomic mass is 9.97. The van der Waals surface area contributed by atoms with Gasteiger partial charge in [-0.3, -0.25) is 14.4 Å². The second-order valence-corrected chi connectivity index (χ2v) is 12.8. The summed E-state index contributed by atoms with van der Waals surface area (Å²) in [7, 11) is 0. The van der Waals surface area contributed by atoms with Gasteiger partial charge in [-0.2, -0.15) is 0 Å². The number of nitrogens with two attached hydrogens (primary N) is 1. The largest absolute Gasteiger partial charge is 0.457 e. The maximum atomic E-state index is 14.1. The topological polar surface area (TPSA) is 141 Å². The predicted molar refractivity (Wildman–Crippen MR) is 183 cm³/mol. The molecule has 3 amide bonds. The molecule has 1 aliphatic heterocycles. The summed E-state index contributed by atoms with van der Waals surface area (Å²) in [4.78, 5) is 46.6. The minimum Gasteiger partial charge on any atom is -0.457 e. The molecule has 48 heavy (non-hydrogen) atoms. The summed E-state index contributed by atoms with van der Waals surface area (Å²) in [6.07, 6.45) is 5.03. The van der Waals surface area contributed by atoms with Crippen LogP contribution in [0.5, 0.6) is 11.5 Å². The molecule has 0 bridgehead atoms. The number of likely N-dealkylation sites (tertiary alicyclic amines) is 1. The molecule has 4 N–H and O–H groups in total. The summed E-state index contributed by atoms with van der Waals surface area (Å²) < 4.78 is 13.5. The molecule has 1 fully saturated rings. The van der Waals surface area contributed by atoms with Gasteiger partial charge in [0.1, 0.15) is 23.6 Å². The Morgan fingerprint density at radius 2 is 1.56 bits per heavy atom. The first-order valence-corrected chi connectivity index (χ1v) is 16.2. The van der Waals surface area contributed by atoms with Gasteiger partial charge in [0.15, 0.2) is 5.82 Å². The van der Waals surface area contributed by atoms with Crippen LogP contribution in [0, 0.1) is 5.92 Å². The molecule has 2 unspecified atom stereocenters. The molecule has 2 heterocycles. The van der Waals surface area contributed by atoms with E-state index in [2.05, 4.69) is 22.5 Å². The van der Waals surface area contributed by atoms with Gasteiger partial charge in [0.25, 0.3) is 5.91 Å². The maximum Gasteiger partial charge on any atom is 0.250 e. The van der Waals surface area contributed by atoms with Crippen molar-refractivity contribution >= 4 is 23.5 Å². The summed E-state index contributed by atoms with van der Waals surface area (Å²) in [5.41, 5.74) is 6.46. The third-order valence-corrected chi connectivity index (χ3v) is 8.26. The Morgan fingerprint density at radius 3 is 2.21 bits per heavy atom. The third-order valence-electron chi connectivity index (χ3n) is 8.26. The monoisotopic (exact) mass is 652 g/mol. The number of hydrogen-bond donors (Lipinski definition) is 3. The number of anilines is 1. The van der Waals surface area contributed by atoms with Gasteiger partial charge in [-0.05, 0) is 68.0 Å². The number of amides is 3. The Kier molecular flexibility index (Phi) is 11.3. The van der Waals surface area contributed by atoms with Gasteiger partial charge in [0, 0.05) is 19.3 Å². The molecular weight excluding hydrogens is 608 g/mol. The van der Waals surface area contributed by atoms with E-state index in [0.717, 1.165) is 24.0 Å². The molecule has 0 saturated carbocycles. The lowest BCUT2D eigenvalue weighted by Gasteiger charge is -2.33. The number of ether oxygens (including phenoxy) is 2. The SMILES string of the molecule is CC1CCN(C(=O)C(c2ccc(Oc3ccccc3)cc2)n2cnc(NC(=O)C(COCc3ccccc3)NC(=O)C(C)(C)N)c2)CC1. The fraction of sp³-hybridized carbons (Fsp3) is 0.351. The first kappa shape index (κ1) is 34.3. The highest BCUT2D eigenvalue weighted by atomic mass is 16.5.